The Hall–Kier alpha value is -1.59. The van der Waals surface area contributed by atoms with E-state index in [-0.39, 0.29) is 13.2 Å². The van der Waals surface area contributed by atoms with E-state index in [1.165, 1.54) is 0 Å². The summed E-state index contributed by atoms with van der Waals surface area (Å²) in [7, 11) is 0. The zero-order valence-electron chi connectivity index (χ0n) is 10.7. The van der Waals surface area contributed by atoms with Crippen LogP contribution in [0.3, 0.4) is 0 Å². The van der Waals surface area contributed by atoms with Gasteiger partial charge in [-0.15, -0.1) is 0 Å². The third-order valence-corrected chi connectivity index (χ3v) is 3.51. The minimum atomic E-state index is -0.954. The molecule has 0 amide bonds. The van der Waals surface area contributed by atoms with Crippen molar-refractivity contribution in [3.05, 3.63) is 29.8 Å². The van der Waals surface area contributed by atoms with Crippen molar-refractivity contribution in [1.82, 2.24) is 0 Å². The molecule has 19 heavy (non-hydrogen) atoms. The van der Waals surface area contributed by atoms with Gasteiger partial charge in [0.1, 0.15) is 11.2 Å². The van der Waals surface area contributed by atoms with Gasteiger partial charge in [0.25, 0.3) is 0 Å². The fourth-order valence-electron chi connectivity index (χ4n) is 2.46. The number of hydrogen-bond acceptors (Lipinski definition) is 4. The normalized spacial score (nSPS) is 21.5. The molecule has 1 aliphatic rings. The summed E-state index contributed by atoms with van der Waals surface area (Å²) < 4.78 is 10.7. The Kier molecular flexibility index (Phi) is 4.39. The van der Waals surface area contributed by atoms with Crippen molar-refractivity contribution in [3.63, 3.8) is 0 Å². The number of aliphatic hydroxyl groups is 1. The fourth-order valence-corrected chi connectivity index (χ4v) is 2.46. The van der Waals surface area contributed by atoms with Crippen molar-refractivity contribution >= 4 is 5.97 Å². The number of carboxylic acid groups (broad SMARTS) is 1. The highest BCUT2D eigenvalue weighted by molar-refractivity contribution is 5.83. The number of fused-ring (bicyclic) bond motifs is 1. The predicted octanol–water partition coefficient (Wildman–Crippen LogP) is 1.19. The summed E-state index contributed by atoms with van der Waals surface area (Å²) in [5.41, 5.74) is -0.244. The average Bonchev–Trinajstić information content (AvgIpc) is 2.43. The van der Waals surface area contributed by atoms with E-state index < -0.39 is 11.4 Å². The van der Waals surface area contributed by atoms with Crippen molar-refractivity contribution in [2.75, 3.05) is 26.4 Å². The van der Waals surface area contributed by atoms with E-state index in [1.54, 1.807) is 12.1 Å². The molecule has 2 N–H and O–H groups in total. The molecule has 1 aromatic carbocycles. The van der Waals surface area contributed by atoms with E-state index in [0.29, 0.717) is 37.4 Å². The zero-order valence-corrected chi connectivity index (χ0v) is 10.7. The van der Waals surface area contributed by atoms with Crippen LogP contribution in [0.1, 0.15) is 18.4 Å². The van der Waals surface area contributed by atoms with E-state index in [1.807, 2.05) is 12.1 Å². The van der Waals surface area contributed by atoms with Gasteiger partial charge in [0.15, 0.2) is 0 Å². The number of aliphatic hydroxyl groups excluding tert-OH is 1. The van der Waals surface area contributed by atoms with E-state index in [0.717, 1.165) is 0 Å². The molecular weight excluding hydrogens is 248 g/mol. The molecule has 1 aliphatic heterocycles. The lowest BCUT2D eigenvalue weighted by atomic mass is 9.73. The Morgan fingerprint density at radius 2 is 2.16 bits per heavy atom. The SMILES string of the molecule is O=C(O)C1(CCOCCO)CCOc2ccccc21. The minimum Gasteiger partial charge on any atom is -0.493 e. The molecule has 0 fully saturated rings. The Morgan fingerprint density at radius 3 is 2.89 bits per heavy atom. The number of para-hydroxylation sites is 1. The van der Waals surface area contributed by atoms with Gasteiger partial charge in [0.2, 0.25) is 0 Å². The molecule has 5 nitrogen and oxygen atoms in total. The lowest BCUT2D eigenvalue weighted by Gasteiger charge is -2.35. The number of aliphatic carboxylic acids is 1. The lowest BCUT2D eigenvalue weighted by Crippen LogP contribution is -2.41. The van der Waals surface area contributed by atoms with Crippen LogP contribution in [0.4, 0.5) is 0 Å². The summed E-state index contributed by atoms with van der Waals surface area (Å²) in [5, 5.41) is 18.3. The predicted molar refractivity (Wildman–Crippen MR) is 68.4 cm³/mol. The number of hydrogen-bond donors (Lipinski definition) is 2. The summed E-state index contributed by atoms with van der Waals surface area (Å²) >= 11 is 0. The van der Waals surface area contributed by atoms with Crippen molar-refractivity contribution in [2.45, 2.75) is 18.3 Å². The quantitative estimate of drug-likeness (QED) is 0.756. The summed E-state index contributed by atoms with van der Waals surface area (Å²) in [6, 6.07) is 7.24. The first kappa shape index (κ1) is 13.8. The maximum absolute atomic E-state index is 11.7. The van der Waals surface area contributed by atoms with Gasteiger partial charge < -0.3 is 19.7 Å². The van der Waals surface area contributed by atoms with Crippen LogP contribution in [0.5, 0.6) is 5.75 Å². The number of ether oxygens (including phenoxy) is 2. The molecule has 1 heterocycles. The highest BCUT2D eigenvalue weighted by Crippen LogP contribution is 2.41. The van der Waals surface area contributed by atoms with Crippen molar-refractivity contribution in [1.29, 1.82) is 0 Å². The van der Waals surface area contributed by atoms with Gasteiger partial charge in [-0.3, -0.25) is 4.79 Å². The van der Waals surface area contributed by atoms with Crippen molar-refractivity contribution in [2.24, 2.45) is 0 Å². The summed E-state index contributed by atoms with van der Waals surface area (Å²) in [5.74, 6) is -0.214. The second kappa shape index (κ2) is 6.04. The van der Waals surface area contributed by atoms with E-state index in [2.05, 4.69) is 0 Å². The maximum Gasteiger partial charge on any atom is 0.314 e. The molecular formula is C14H18O5. The molecule has 1 atom stereocenters. The second-order valence-electron chi connectivity index (χ2n) is 4.57. The number of rotatable bonds is 6. The molecule has 0 saturated heterocycles. The van der Waals surface area contributed by atoms with Gasteiger partial charge in [0, 0.05) is 18.6 Å². The van der Waals surface area contributed by atoms with Gasteiger partial charge in [-0.2, -0.15) is 0 Å². The molecule has 104 valence electrons. The third-order valence-electron chi connectivity index (χ3n) is 3.51. The monoisotopic (exact) mass is 266 g/mol. The first-order valence-electron chi connectivity index (χ1n) is 6.35. The molecule has 0 saturated carbocycles. The Labute approximate surface area is 111 Å². The van der Waals surface area contributed by atoms with Gasteiger partial charge in [-0.1, -0.05) is 18.2 Å². The average molecular weight is 266 g/mol. The zero-order chi connectivity index (χ0) is 13.7. The Balaban J connectivity index is 2.23. The van der Waals surface area contributed by atoms with Crippen LogP contribution in [-0.4, -0.2) is 42.6 Å². The number of carboxylic acids is 1. The van der Waals surface area contributed by atoms with Gasteiger partial charge in [-0.05, 0) is 12.5 Å². The second-order valence-corrected chi connectivity index (χ2v) is 4.57. The van der Waals surface area contributed by atoms with Crippen LogP contribution in [0, 0.1) is 0 Å². The van der Waals surface area contributed by atoms with Crippen LogP contribution in [0.25, 0.3) is 0 Å². The molecule has 1 unspecified atom stereocenters. The largest absolute Gasteiger partial charge is 0.493 e. The first-order chi connectivity index (χ1) is 9.20. The molecule has 5 heteroatoms. The van der Waals surface area contributed by atoms with Crippen LogP contribution in [0.2, 0.25) is 0 Å². The minimum absolute atomic E-state index is 0.0558. The van der Waals surface area contributed by atoms with E-state index in [9.17, 15) is 9.90 Å². The molecule has 1 aromatic rings. The maximum atomic E-state index is 11.7. The van der Waals surface area contributed by atoms with Crippen LogP contribution >= 0.6 is 0 Å². The summed E-state index contributed by atoms with van der Waals surface area (Å²) in [4.78, 5) is 11.7. The first-order valence-corrected chi connectivity index (χ1v) is 6.35. The van der Waals surface area contributed by atoms with E-state index in [4.69, 9.17) is 14.6 Å². The van der Waals surface area contributed by atoms with Gasteiger partial charge in [0.05, 0.1) is 19.8 Å². The third kappa shape index (κ3) is 2.72. The highest BCUT2D eigenvalue weighted by atomic mass is 16.5. The highest BCUT2D eigenvalue weighted by Gasteiger charge is 2.44. The molecule has 0 aliphatic carbocycles. The molecule has 0 radical (unpaired) electrons. The van der Waals surface area contributed by atoms with Crippen LogP contribution in [0.15, 0.2) is 24.3 Å². The molecule has 2 rings (SSSR count). The summed E-state index contributed by atoms with van der Waals surface area (Å²) in [6.07, 6.45) is 0.810. The van der Waals surface area contributed by atoms with Gasteiger partial charge >= 0.3 is 5.97 Å². The van der Waals surface area contributed by atoms with Crippen molar-refractivity contribution < 1.29 is 24.5 Å². The number of carbonyl (C=O) groups is 1. The number of benzene rings is 1. The molecule has 0 aromatic heterocycles. The molecule has 0 bridgehead atoms. The topological polar surface area (TPSA) is 76.0 Å². The Morgan fingerprint density at radius 1 is 1.37 bits per heavy atom. The van der Waals surface area contributed by atoms with Gasteiger partial charge in [-0.25, -0.2) is 0 Å². The van der Waals surface area contributed by atoms with Crippen LogP contribution < -0.4 is 4.74 Å². The fraction of sp³-hybridized carbons (Fsp3) is 0.500. The van der Waals surface area contributed by atoms with Crippen molar-refractivity contribution in [3.8, 4) is 5.75 Å². The molecule has 0 spiro atoms. The van der Waals surface area contributed by atoms with E-state index >= 15 is 0 Å². The standard InChI is InChI=1S/C14H18O5/c15-7-10-18-8-5-14(13(16)17)6-9-19-12-4-2-1-3-11(12)14/h1-4,15H,5-10H2,(H,16,17). The van der Waals surface area contributed by atoms with Crippen LogP contribution in [-0.2, 0) is 14.9 Å². The smallest absolute Gasteiger partial charge is 0.314 e. The summed E-state index contributed by atoms with van der Waals surface area (Å²) in [6.45, 7) is 0.873. The Bertz CT molecular complexity index is 445. The lowest BCUT2D eigenvalue weighted by molar-refractivity contribution is -0.146.